The summed E-state index contributed by atoms with van der Waals surface area (Å²) in [6, 6.07) is 2.15. The van der Waals surface area contributed by atoms with Gasteiger partial charge in [0.25, 0.3) is 0 Å². The van der Waals surface area contributed by atoms with Crippen LogP contribution in [0.3, 0.4) is 0 Å². The highest BCUT2D eigenvalue weighted by Crippen LogP contribution is 2.09. The Balaban J connectivity index is 2.32. The van der Waals surface area contributed by atoms with E-state index in [4.69, 9.17) is 5.73 Å². The second-order valence-corrected chi connectivity index (χ2v) is 4.62. The molecule has 5 nitrogen and oxygen atoms in total. The molecule has 1 aromatic rings. The quantitative estimate of drug-likeness (QED) is 0.587. The van der Waals surface area contributed by atoms with Gasteiger partial charge in [-0.25, -0.2) is 9.97 Å². The Hall–Kier alpha value is -1.36. The molecule has 1 rings (SSSR count). The van der Waals surface area contributed by atoms with Gasteiger partial charge in [-0.3, -0.25) is 0 Å². The number of aromatic nitrogens is 2. The zero-order chi connectivity index (χ0) is 13.2. The molecule has 1 unspecified atom stereocenters. The number of hydrogen-bond donors (Lipinski definition) is 3. The van der Waals surface area contributed by atoms with Crippen LogP contribution in [0.2, 0.25) is 0 Å². The van der Waals surface area contributed by atoms with Crippen molar-refractivity contribution in [3.8, 4) is 0 Å². The maximum atomic E-state index is 5.70. The smallest absolute Gasteiger partial charge is 0.131 e. The summed E-state index contributed by atoms with van der Waals surface area (Å²) < 4.78 is 0. The van der Waals surface area contributed by atoms with Gasteiger partial charge >= 0.3 is 0 Å². The van der Waals surface area contributed by atoms with Crippen LogP contribution < -0.4 is 16.4 Å². The molecular formula is C13H25N5. The summed E-state index contributed by atoms with van der Waals surface area (Å²) in [4.78, 5) is 8.37. The van der Waals surface area contributed by atoms with Crippen LogP contribution in [0.1, 0.15) is 39.5 Å². The molecule has 0 saturated heterocycles. The van der Waals surface area contributed by atoms with E-state index < -0.39 is 0 Å². The van der Waals surface area contributed by atoms with Crippen LogP contribution in [0.4, 0.5) is 11.6 Å². The van der Waals surface area contributed by atoms with Gasteiger partial charge in [-0.05, 0) is 19.8 Å². The van der Waals surface area contributed by atoms with Crippen molar-refractivity contribution >= 4 is 11.6 Å². The predicted octanol–water partition coefficient (Wildman–Crippen LogP) is 2.23. The van der Waals surface area contributed by atoms with Crippen LogP contribution in [-0.4, -0.2) is 29.1 Å². The van der Waals surface area contributed by atoms with Gasteiger partial charge in [-0.15, -0.1) is 0 Å². The van der Waals surface area contributed by atoms with E-state index in [-0.39, 0.29) is 6.04 Å². The highest BCUT2D eigenvalue weighted by Gasteiger charge is 1.99. The first-order valence-electron chi connectivity index (χ1n) is 6.77. The number of unbranched alkanes of at least 4 members (excludes halogenated alkanes) is 2. The summed E-state index contributed by atoms with van der Waals surface area (Å²) in [7, 11) is 0. The average molecular weight is 251 g/mol. The molecule has 1 heterocycles. The molecule has 0 saturated carbocycles. The summed E-state index contributed by atoms with van der Waals surface area (Å²) >= 11 is 0. The molecule has 0 aliphatic heterocycles. The van der Waals surface area contributed by atoms with Gasteiger partial charge in [0, 0.05) is 25.2 Å². The number of anilines is 2. The van der Waals surface area contributed by atoms with Crippen molar-refractivity contribution in [2.45, 2.75) is 45.6 Å². The normalized spacial score (nSPS) is 12.2. The van der Waals surface area contributed by atoms with E-state index in [2.05, 4.69) is 27.5 Å². The van der Waals surface area contributed by atoms with E-state index in [9.17, 15) is 0 Å². The van der Waals surface area contributed by atoms with Crippen molar-refractivity contribution in [1.29, 1.82) is 0 Å². The van der Waals surface area contributed by atoms with Gasteiger partial charge < -0.3 is 16.4 Å². The molecule has 1 atom stereocenters. The lowest BCUT2D eigenvalue weighted by molar-refractivity contribution is 0.689. The first kappa shape index (κ1) is 14.7. The molecule has 0 spiro atoms. The highest BCUT2D eigenvalue weighted by molar-refractivity contribution is 5.46. The van der Waals surface area contributed by atoms with Crippen LogP contribution in [0.15, 0.2) is 12.4 Å². The lowest BCUT2D eigenvalue weighted by Crippen LogP contribution is -2.19. The molecule has 0 bridgehead atoms. The van der Waals surface area contributed by atoms with Crippen LogP contribution >= 0.6 is 0 Å². The molecule has 18 heavy (non-hydrogen) atoms. The average Bonchev–Trinajstić information content (AvgIpc) is 2.35. The fourth-order valence-electron chi connectivity index (χ4n) is 1.57. The molecule has 5 heteroatoms. The third-order valence-corrected chi connectivity index (χ3v) is 2.66. The Morgan fingerprint density at radius 2 is 1.83 bits per heavy atom. The molecule has 0 fully saturated rings. The third kappa shape index (κ3) is 6.39. The minimum atomic E-state index is 0.214. The number of hydrogen-bond acceptors (Lipinski definition) is 5. The van der Waals surface area contributed by atoms with Crippen molar-refractivity contribution in [3.05, 3.63) is 12.4 Å². The first-order valence-corrected chi connectivity index (χ1v) is 6.77. The van der Waals surface area contributed by atoms with Gasteiger partial charge in [0.15, 0.2) is 0 Å². The lowest BCUT2D eigenvalue weighted by Gasteiger charge is -2.09. The summed E-state index contributed by atoms with van der Waals surface area (Å²) in [5.41, 5.74) is 5.70. The standard InChI is InChI=1S/C13H25N5/c1-3-4-5-7-15-12-9-13(18-10-17-12)16-8-6-11(2)14/h9-11H,3-8,14H2,1-2H3,(H2,15,16,17,18). The van der Waals surface area contributed by atoms with Gasteiger partial charge in [0.05, 0.1) is 0 Å². The van der Waals surface area contributed by atoms with E-state index in [0.717, 1.165) is 31.1 Å². The number of rotatable bonds is 9. The monoisotopic (exact) mass is 251 g/mol. The molecule has 0 radical (unpaired) electrons. The fraction of sp³-hybridized carbons (Fsp3) is 0.692. The van der Waals surface area contributed by atoms with E-state index in [1.165, 1.54) is 19.3 Å². The Kier molecular flexibility index (Phi) is 7.10. The van der Waals surface area contributed by atoms with E-state index >= 15 is 0 Å². The van der Waals surface area contributed by atoms with Crippen molar-refractivity contribution in [3.63, 3.8) is 0 Å². The molecule has 0 aliphatic rings. The maximum Gasteiger partial charge on any atom is 0.131 e. The molecule has 0 aliphatic carbocycles. The van der Waals surface area contributed by atoms with Crippen molar-refractivity contribution < 1.29 is 0 Å². The van der Waals surface area contributed by atoms with Crippen molar-refractivity contribution in [2.24, 2.45) is 5.73 Å². The molecule has 1 aromatic heterocycles. The Morgan fingerprint density at radius 3 is 2.44 bits per heavy atom. The van der Waals surface area contributed by atoms with Crippen LogP contribution in [-0.2, 0) is 0 Å². The molecular weight excluding hydrogens is 226 g/mol. The van der Waals surface area contributed by atoms with Crippen molar-refractivity contribution in [1.82, 2.24) is 9.97 Å². The molecule has 4 N–H and O–H groups in total. The first-order chi connectivity index (χ1) is 8.72. The molecule has 102 valence electrons. The van der Waals surface area contributed by atoms with Gasteiger partial charge in [-0.1, -0.05) is 19.8 Å². The zero-order valence-corrected chi connectivity index (χ0v) is 11.4. The Labute approximate surface area is 110 Å². The summed E-state index contributed by atoms with van der Waals surface area (Å²) in [5, 5.41) is 6.55. The summed E-state index contributed by atoms with van der Waals surface area (Å²) in [6.07, 6.45) is 6.17. The number of nitrogens with one attached hydrogen (secondary N) is 2. The van der Waals surface area contributed by atoms with Crippen molar-refractivity contribution in [2.75, 3.05) is 23.7 Å². The number of nitrogens with two attached hydrogens (primary N) is 1. The van der Waals surface area contributed by atoms with E-state index in [0.29, 0.717) is 0 Å². The molecule has 0 amide bonds. The second kappa shape index (κ2) is 8.69. The van der Waals surface area contributed by atoms with Crippen LogP contribution in [0, 0.1) is 0 Å². The van der Waals surface area contributed by atoms with Gasteiger partial charge in [0.1, 0.15) is 18.0 Å². The van der Waals surface area contributed by atoms with E-state index in [1.807, 2.05) is 13.0 Å². The molecule has 0 aromatic carbocycles. The summed E-state index contributed by atoms with van der Waals surface area (Å²) in [5.74, 6) is 1.73. The van der Waals surface area contributed by atoms with Gasteiger partial charge in [0.2, 0.25) is 0 Å². The largest absolute Gasteiger partial charge is 0.370 e. The predicted molar refractivity (Wildman–Crippen MR) is 76.8 cm³/mol. The van der Waals surface area contributed by atoms with Gasteiger partial charge in [-0.2, -0.15) is 0 Å². The third-order valence-electron chi connectivity index (χ3n) is 2.66. The van der Waals surface area contributed by atoms with E-state index in [1.54, 1.807) is 6.33 Å². The second-order valence-electron chi connectivity index (χ2n) is 4.62. The Bertz CT molecular complexity index is 327. The summed E-state index contributed by atoms with van der Waals surface area (Å²) in [6.45, 7) is 6.00. The van der Waals surface area contributed by atoms with Crippen LogP contribution in [0.25, 0.3) is 0 Å². The topological polar surface area (TPSA) is 75.9 Å². The number of nitrogens with zero attached hydrogens (tertiary/aromatic N) is 2. The maximum absolute atomic E-state index is 5.70. The zero-order valence-electron chi connectivity index (χ0n) is 11.4. The lowest BCUT2D eigenvalue weighted by atomic mass is 10.2. The minimum absolute atomic E-state index is 0.214. The SMILES string of the molecule is CCCCCNc1cc(NCCC(C)N)ncn1. The highest BCUT2D eigenvalue weighted by atomic mass is 15.1. The minimum Gasteiger partial charge on any atom is -0.370 e. The van der Waals surface area contributed by atoms with Crippen LogP contribution in [0.5, 0.6) is 0 Å². The fourth-order valence-corrected chi connectivity index (χ4v) is 1.57. The Morgan fingerprint density at radius 1 is 1.17 bits per heavy atom.